The number of benzene rings is 2. The van der Waals surface area contributed by atoms with Gasteiger partial charge in [0.15, 0.2) is 0 Å². The predicted molar refractivity (Wildman–Crippen MR) is 109 cm³/mol. The second-order valence-electron chi connectivity index (χ2n) is 7.27. The number of alkyl halides is 2. The Labute approximate surface area is 173 Å². The van der Waals surface area contributed by atoms with Crippen LogP contribution in [-0.2, 0) is 9.84 Å². The lowest BCUT2D eigenvalue weighted by Crippen LogP contribution is -2.11. The number of halogens is 4. The van der Waals surface area contributed by atoms with Crippen LogP contribution in [0.3, 0.4) is 0 Å². The maximum atomic E-state index is 12.8. The third kappa shape index (κ3) is 3.54. The Morgan fingerprint density at radius 1 is 0.852 bits per heavy atom. The Morgan fingerprint density at radius 2 is 1.41 bits per heavy atom. The summed E-state index contributed by atoms with van der Waals surface area (Å²) < 4.78 is 50.8. The SMILES string of the molecule is O=S(=O)(c1ccc(C2=C(c3ccc(Br)c(Br)c3)CC3(CC3)C2)cc1)C(F)F. The van der Waals surface area contributed by atoms with Crippen molar-refractivity contribution in [1.29, 1.82) is 0 Å². The highest BCUT2D eigenvalue weighted by Gasteiger charge is 2.48. The van der Waals surface area contributed by atoms with Crippen molar-refractivity contribution in [3.8, 4) is 0 Å². The van der Waals surface area contributed by atoms with E-state index < -0.39 is 15.6 Å². The number of sulfone groups is 1. The molecule has 1 fully saturated rings. The number of allylic oxidation sites excluding steroid dienone is 2. The molecule has 0 saturated heterocycles. The molecule has 142 valence electrons. The highest BCUT2D eigenvalue weighted by molar-refractivity contribution is 9.13. The van der Waals surface area contributed by atoms with Crippen LogP contribution in [0.2, 0.25) is 0 Å². The van der Waals surface area contributed by atoms with Gasteiger partial charge < -0.3 is 0 Å². The molecule has 2 aromatic rings. The lowest BCUT2D eigenvalue weighted by atomic mass is 9.97. The molecule has 0 atom stereocenters. The Hall–Kier alpha value is -1.05. The summed E-state index contributed by atoms with van der Waals surface area (Å²) in [6.07, 6.45) is 4.32. The fourth-order valence-electron chi connectivity index (χ4n) is 3.74. The fourth-order valence-corrected chi connectivity index (χ4v) is 5.09. The van der Waals surface area contributed by atoms with Gasteiger partial charge in [0.1, 0.15) is 0 Å². The summed E-state index contributed by atoms with van der Waals surface area (Å²) in [5.41, 5.74) is 4.79. The summed E-state index contributed by atoms with van der Waals surface area (Å²) in [5.74, 6) is -3.40. The molecule has 2 aromatic carbocycles. The highest BCUT2D eigenvalue weighted by atomic mass is 79.9. The first kappa shape index (κ1) is 19.3. The van der Waals surface area contributed by atoms with Crippen molar-refractivity contribution in [3.63, 3.8) is 0 Å². The van der Waals surface area contributed by atoms with Crippen molar-refractivity contribution in [2.45, 2.75) is 36.3 Å². The summed E-state index contributed by atoms with van der Waals surface area (Å²) in [6.45, 7) is 0. The minimum absolute atomic E-state index is 0.317. The standard InChI is InChI=1S/C20H16Br2F2O2S/c21-17-6-3-13(9-18(17)22)16-11-20(7-8-20)10-15(16)12-1-4-14(5-2-12)27(25,26)19(23)24/h1-6,9,19H,7-8,10-11H2. The van der Waals surface area contributed by atoms with E-state index in [4.69, 9.17) is 0 Å². The first-order chi connectivity index (χ1) is 12.7. The van der Waals surface area contributed by atoms with E-state index in [0.29, 0.717) is 5.41 Å². The van der Waals surface area contributed by atoms with E-state index in [1.54, 1.807) is 12.1 Å². The van der Waals surface area contributed by atoms with Gasteiger partial charge in [-0.3, -0.25) is 0 Å². The highest BCUT2D eigenvalue weighted by Crippen LogP contribution is 2.63. The minimum atomic E-state index is -4.56. The zero-order valence-corrected chi connectivity index (χ0v) is 18.2. The van der Waals surface area contributed by atoms with E-state index in [1.165, 1.54) is 36.1 Å². The zero-order chi connectivity index (χ0) is 19.4. The predicted octanol–water partition coefficient (Wildman–Crippen LogP) is 6.69. The number of hydrogen-bond acceptors (Lipinski definition) is 2. The second kappa shape index (κ2) is 6.78. The molecule has 1 saturated carbocycles. The maximum Gasteiger partial charge on any atom is 0.341 e. The average molecular weight is 518 g/mol. The Bertz CT molecular complexity index is 1040. The molecule has 27 heavy (non-hydrogen) atoms. The van der Waals surface area contributed by atoms with Gasteiger partial charge in [0.2, 0.25) is 9.84 Å². The van der Waals surface area contributed by atoms with E-state index in [-0.39, 0.29) is 4.90 Å². The molecule has 2 nitrogen and oxygen atoms in total. The summed E-state index contributed by atoms with van der Waals surface area (Å²) in [4.78, 5) is -0.339. The zero-order valence-electron chi connectivity index (χ0n) is 14.2. The van der Waals surface area contributed by atoms with Gasteiger partial charge >= 0.3 is 5.76 Å². The van der Waals surface area contributed by atoms with Gasteiger partial charge in [-0.25, -0.2) is 8.42 Å². The third-order valence-corrected chi connectivity index (χ3v) is 8.74. The van der Waals surface area contributed by atoms with Crippen LogP contribution in [0.15, 0.2) is 56.3 Å². The van der Waals surface area contributed by atoms with E-state index in [1.807, 2.05) is 6.07 Å². The van der Waals surface area contributed by atoms with Crippen LogP contribution in [0.25, 0.3) is 11.1 Å². The molecule has 0 N–H and O–H groups in total. The monoisotopic (exact) mass is 516 g/mol. The molecule has 2 aliphatic carbocycles. The average Bonchev–Trinajstić information content (AvgIpc) is 3.28. The Morgan fingerprint density at radius 3 is 1.93 bits per heavy atom. The molecule has 0 radical (unpaired) electrons. The second-order valence-corrected chi connectivity index (χ2v) is 10.9. The lowest BCUT2D eigenvalue weighted by molar-refractivity contribution is 0.234. The Kier molecular flexibility index (Phi) is 4.84. The van der Waals surface area contributed by atoms with E-state index in [0.717, 1.165) is 32.9 Å². The van der Waals surface area contributed by atoms with Gasteiger partial charge in [-0.1, -0.05) is 18.2 Å². The molecular weight excluding hydrogens is 502 g/mol. The van der Waals surface area contributed by atoms with Crippen LogP contribution in [0.4, 0.5) is 8.78 Å². The van der Waals surface area contributed by atoms with E-state index in [2.05, 4.69) is 44.0 Å². The molecule has 4 rings (SSSR count). The normalized spacial score (nSPS) is 18.6. The van der Waals surface area contributed by atoms with Crippen molar-refractivity contribution < 1.29 is 17.2 Å². The summed E-state index contributed by atoms with van der Waals surface area (Å²) in [5, 5.41) is 0. The van der Waals surface area contributed by atoms with Crippen LogP contribution in [0.1, 0.15) is 36.8 Å². The lowest BCUT2D eigenvalue weighted by Gasteiger charge is -2.10. The molecule has 2 aliphatic rings. The van der Waals surface area contributed by atoms with Gasteiger partial charge in [0.25, 0.3) is 0 Å². The summed E-state index contributed by atoms with van der Waals surface area (Å²) in [7, 11) is -4.56. The van der Waals surface area contributed by atoms with E-state index in [9.17, 15) is 17.2 Å². The van der Waals surface area contributed by atoms with Gasteiger partial charge in [0.05, 0.1) is 4.90 Å². The minimum Gasteiger partial charge on any atom is -0.218 e. The van der Waals surface area contributed by atoms with Crippen LogP contribution < -0.4 is 0 Å². The summed E-state index contributed by atoms with van der Waals surface area (Å²) in [6, 6.07) is 12.0. The van der Waals surface area contributed by atoms with Gasteiger partial charge in [-0.05, 0) is 109 Å². The molecule has 0 unspecified atom stereocenters. The smallest absolute Gasteiger partial charge is 0.218 e. The van der Waals surface area contributed by atoms with Crippen LogP contribution >= 0.6 is 31.9 Å². The van der Waals surface area contributed by atoms with E-state index >= 15 is 0 Å². The molecule has 0 heterocycles. The topological polar surface area (TPSA) is 34.1 Å². The fraction of sp³-hybridized carbons (Fsp3) is 0.300. The Balaban J connectivity index is 1.76. The first-order valence-electron chi connectivity index (χ1n) is 8.52. The number of hydrogen-bond donors (Lipinski definition) is 0. The number of rotatable bonds is 4. The van der Waals surface area contributed by atoms with Crippen LogP contribution in [0.5, 0.6) is 0 Å². The third-order valence-electron chi connectivity index (χ3n) is 5.46. The molecule has 0 aliphatic heterocycles. The molecule has 0 amide bonds. The maximum absolute atomic E-state index is 12.8. The van der Waals surface area contributed by atoms with Crippen molar-refractivity contribution in [3.05, 3.63) is 62.5 Å². The van der Waals surface area contributed by atoms with Gasteiger partial charge in [-0.15, -0.1) is 0 Å². The van der Waals surface area contributed by atoms with Gasteiger partial charge in [0, 0.05) is 8.95 Å². The molecular formula is C20H16Br2F2O2S. The van der Waals surface area contributed by atoms with Crippen LogP contribution in [-0.4, -0.2) is 14.2 Å². The van der Waals surface area contributed by atoms with Crippen molar-refractivity contribution in [1.82, 2.24) is 0 Å². The molecule has 1 spiro atoms. The van der Waals surface area contributed by atoms with Crippen molar-refractivity contribution in [2.24, 2.45) is 5.41 Å². The van der Waals surface area contributed by atoms with Gasteiger partial charge in [-0.2, -0.15) is 8.78 Å². The van der Waals surface area contributed by atoms with Crippen LogP contribution in [0, 0.1) is 5.41 Å². The first-order valence-corrected chi connectivity index (χ1v) is 11.7. The molecule has 0 aromatic heterocycles. The summed E-state index contributed by atoms with van der Waals surface area (Å²) >= 11 is 7.04. The van der Waals surface area contributed by atoms with Crippen molar-refractivity contribution >= 4 is 52.8 Å². The molecule has 0 bridgehead atoms. The largest absolute Gasteiger partial charge is 0.341 e. The quantitative estimate of drug-likeness (QED) is 0.452. The molecule has 7 heteroatoms. The van der Waals surface area contributed by atoms with Crippen molar-refractivity contribution in [2.75, 3.05) is 0 Å².